The first-order valence-corrected chi connectivity index (χ1v) is 8.09. The highest BCUT2D eigenvalue weighted by molar-refractivity contribution is 5.69. The van der Waals surface area contributed by atoms with Crippen molar-refractivity contribution in [1.82, 2.24) is 9.80 Å². The summed E-state index contributed by atoms with van der Waals surface area (Å²) in [6.07, 6.45) is 2.58. The van der Waals surface area contributed by atoms with Crippen molar-refractivity contribution < 1.29 is 9.53 Å². The molecule has 2 atom stereocenters. The van der Waals surface area contributed by atoms with Crippen LogP contribution in [0.4, 0.5) is 0 Å². The lowest BCUT2D eigenvalue weighted by Crippen LogP contribution is -2.48. The van der Waals surface area contributed by atoms with Crippen molar-refractivity contribution in [2.24, 2.45) is 5.92 Å². The molecule has 122 valence electrons. The number of methoxy groups -OCH3 is 1. The number of piperidine rings is 1. The van der Waals surface area contributed by atoms with Gasteiger partial charge in [0, 0.05) is 25.6 Å². The van der Waals surface area contributed by atoms with Crippen LogP contribution in [0.3, 0.4) is 0 Å². The maximum Gasteiger partial charge on any atom is 0.305 e. The van der Waals surface area contributed by atoms with Crippen LogP contribution in [0.2, 0.25) is 0 Å². The first-order chi connectivity index (χ1) is 10.6. The molecule has 4 heteroatoms. The minimum absolute atomic E-state index is 0.0994. The molecule has 0 unspecified atom stereocenters. The lowest BCUT2D eigenvalue weighted by atomic mass is 9.87. The third-order valence-corrected chi connectivity index (χ3v) is 4.64. The summed E-state index contributed by atoms with van der Waals surface area (Å²) in [5, 5.41) is 0. The summed E-state index contributed by atoms with van der Waals surface area (Å²) in [7, 11) is 5.75. The Labute approximate surface area is 134 Å². The number of ether oxygens (including phenoxy) is 1. The van der Waals surface area contributed by atoms with Crippen LogP contribution in [0, 0.1) is 5.92 Å². The van der Waals surface area contributed by atoms with Crippen LogP contribution in [0.25, 0.3) is 0 Å². The lowest BCUT2D eigenvalue weighted by Gasteiger charge is -2.41. The minimum atomic E-state index is -0.0994. The molecule has 0 amide bonds. The number of benzene rings is 1. The summed E-state index contributed by atoms with van der Waals surface area (Å²) in [6, 6.07) is 11.2. The van der Waals surface area contributed by atoms with Crippen molar-refractivity contribution in [1.29, 1.82) is 0 Å². The van der Waals surface area contributed by atoms with Crippen LogP contribution in [0.5, 0.6) is 0 Å². The Balaban J connectivity index is 1.94. The van der Waals surface area contributed by atoms with Gasteiger partial charge in [0.25, 0.3) is 0 Å². The van der Waals surface area contributed by atoms with Gasteiger partial charge < -0.3 is 9.64 Å². The van der Waals surface area contributed by atoms with Crippen LogP contribution in [0.15, 0.2) is 30.3 Å². The molecule has 0 bridgehead atoms. The van der Waals surface area contributed by atoms with Crippen molar-refractivity contribution in [2.45, 2.75) is 31.8 Å². The van der Waals surface area contributed by atoms with Gasteiger partial charge in [-0.15, -0.1) is 0 Å². The fraction of sp³-hybridized carbons (Fsp3) is 0.611. The number of carbonyl (C=O) groups is 1. The van der Waals surface area contributed by atoms with Crippen LogP contribution >= 0.6 is 0 Å². The van der Waals surface area contributed by atoms with Gasteiger partial charge >= 0.3 is 5.97 Å². The molecular formula is C18H28N2O2. The number of hydrogen-bond acceptors (Lipinski definition) is 4. The Morgan fingerprint density at radius 2 is 2.05 bits per heavy atom. The van der Waals surface area contributed by atoms with Crippen LogP contribution in [-0.2, 0) is 16.1 Å². The molecule has 0 N–H and O–H groups in total. The summed E-state index contributed by atoms with van der Waals surface area (Å²) in [4.78, 5) is 16.3. The third kappa shape index (κ3) is 4.82. The number of carbonyl (C=O) groups excluding carboxylic acids is 1. The molecule has 1 aromatic rings. The van der Waals surface area contributed by atoms with Crippen LogP contribution in [-0.4, -0.2) is 56.1 Å². The van der Waals surface area contributed by atoms with Crippen molar-refractivity contribution in [3.05, 3.63) is 35.9 Å². The second kappa shape index (κ2) is 8.30. The predicted molar refractivity (Wildman–Crippen MR) is 88.6 cm³/mol. The highest BCUT2D eigenvalue weighted by Gasteiger charge is 2.30. The predicted octanol–water partition coefficient (Wildman–Crippen LogP) is 2.39. The standard InChI is InChI=1S/C18H28N2O2/c1-19(2)17-11-12-20(13-15-7-5-4-6-8-15)14-16(17)9-10-18(21)22-3/h4-8,16-17H,9-14H2,1-3H3/t16-,17+/m1/s1. The molecule has 4 nitrogen and oxygen atoms in total. The first-order valence-electron chi connectivity index (χ1n) is 8.09. The second-order valence-electron chi connectivity index (χ2n) is 6.42. The average molecular weight is 304 g/mol. The van der Waals surface area contributed by atoms with E-state index >= 15 is 0 Å². The van der Waals surface area contributed by atoms with Gasteiger partial charge in [-0.2, -0.15) is 0 Å². The molecule has 0 saturated carbocycles. The zero-order chi connectivity index (χ0) is 15.9. The van der Waals surface area contributed by atoms with E-state index < -0.39 is 0 Å². The van der Waals surface area contributed by atoms with Crippen molar-refractivity contribution >= 4 is 5.97 Å². The summed E-state index contributed by atoms with van der Waals surface area (Å²) in [5.41, 5.74) is 1.36. The van der Waals surface area contributed by atoms with Crippen LogP contribution < -0.4 is 0 Å². The number of nitrogens with zero attached hydrogens (tertiary/aromatic N) is 2. The van der Waals surface area contributed by atoms with Gasteiger partial charge in [0.15, 0.2) is 0 Å². The molecule has 1 fully saturated rings. The number of rotatable bonds is 6. The maximum atomic E-state index is 11.5. The Kier molecular flexibility index (Phi) is 6.40. The molecule has 0 aromatic heterocycles. The third-order valence-electron chi connectivity index (χ3n) is 4.64. The van der Waals surface area contributed by atoms with E-state index in [1.807, 2.05) is 0 Å². The Morgan fingerprint density at radius 1 is 1.32 bits per heavy atom. The quantitative estimate of drug-likeness (QED) is 0.756. The van der Waals surface area contributed by atoms with Gasteiger partial charge in [0.05, 0.1) is 7.11 Å². The van der Waals surface area contributed by atoms with Gasteiger partial charge in [-0.05, 0) is 45.0 Å². The lowest BCUT2D eigenvalue weighted by molar-refractivity contribution is -0.141. The number of likely N-dealkylation sites (tertiary alicyclic amines) is 1. The summed E-state index contributed by atoms with van der Waals surface area (Å²) >= 11 is 0. The van der Waals surface area contributed by atoms with Gasteiger partial charge in [-0.1, -0.05) is 30.3 Å². The Hall–Kier alpha value is -1.39. The largest absolute Gasteiger partial charge is 0.469 e. The molecule has 22 heavy (non-hydrogen) atoms. The van der Waals surface area contributed by atoms with Crippen molar-refractivity contribution in [3.63, 3.8) is 0 Å². The highest BCUT2D eigenvalue weighted by Crippen LogP contribution is 2.26. The normalized spacial score (nSPS) is 22.7. The van der Waals surface area contributed by atoms with E-state index in [4.69, 9.17) is 4.74 Å². The monoisotopic (exact) mass is 304 g/mol. The zero-order valence-corrected chi connectivity index (χ0v) is 14.0. The molecule has 1 heterocycles. The first kappa shape index (κ1) is 17.0. The highest BCUT2D eigenvalue weighted by atomic mass is 16.5. The topological polar surface area (TPSA) is 32.8 Å². The fourth-order valence-corrected chi connectivity index (χ4v) is 3.45. The average Bonchev–Trinajstić information content (AvgIpc) is 2.53. The molecule has 1 saturated heterocycles. The van der Waals surface area contributed by atoms with E-state index in [9.17, 15) is 4.79 Å². The van der Waals surface area contributed by atoms with Gasteiger partial charge in [-0.3, -0.25) is 9.69 Å². The van der Waals surface area contributed by atoms with E-state index in [-0.39, 0.29) is 5.97 Å². The summed E-state index contributed by atoms with van der Waals surface area (Å²) in [5.74, 6) is 0.421. The van der Waals surface area contributed by atoms with Gasteiger partial charge in [-0.25, -0.2) is 0 Å². The molecule has 0 aliphatic carbocycles. The molecular weight excluding hydrogens is 276 g/mol. The van der Waals surface area contributed by atoms with Crippen molar-refractivity contribution in [3.8, 4) is 0 Å². The zero-order valence-electron chi connectivity index (χ0n) is 14.0. The SMILES string of the molecule is COC(=O)CC[C@@H]1CN(Cc2ccccc2)CC[C@@H]1N(C)C. The van der Waals surface area contributed by atoms with Crippen LogP contribution in [0.1, 0.15) is 24.8 Å². The van der Waals surface area contributed by atoms with Crippen molar-refractivity contribution in [2.75, 3.05) is 34.3 Å². The van der Waals surface area contributed by atoms with Gasteiger partial charge in [0.1, 0.15) is 0 Å². The number of hydrogen-bond donors (Lipinski definition) is 0. The van der Waals surface area contributed by atoms with E-state index in [0.29, 0.717) is 18.4 Å². The number of esters is 1. The Morgan fingerprint density at radius 3 is 2.68 bits per heavy atom. The molecule has 2 rings (SSSR count). The van der Waals surface area contributed by atoms with E-state index in [0.717, 1.165) is 32.5 Å². The molecule has 1 aromatic carbocycles. The van der Waals surface area contributed by atoms with E-state index in [1.165, 1.54) is 12.7 Å². The fourth-order valence-electron chi connectivity index (χ4n) is 3.45. The summed E-state index contributed by atoms with van der Waals surface area (Å²) < 4.78 is 4.79. The summed E-state index contributed by atoms with van der Waals surface area (Å²) in [6.45, 7) is 3.16. The smallest absolute Gasteiger partial charge is 0.305 e. The molecule has 0 spiro atoms. The Bertz CT molecular complexity index is 461. The minimum Gasteiger partial charge on any atom is -0.469 e. The maximum absolute atomic E-state index is 11.5. The molecule has 0 radical (unpaired) electrons. The van der Waals surface area contributed by atoms with E-state index in [1.54, 1.807) is 0 Å². The van der Waals surface area contributed by atoms with E-state index in [2.05, 4.69) is 54.2 Å². The van der Waals surface area contributed by atoms with Gasteiger partial charge in [0.2, 0.25) is 0 Å². The second-order valence-corrected chi connectivity index (χ2v) is 6.42. The molecule has 1 aliphatic rings. The molecule has 1 aliphatic heterocycles.